The zero-order valence-corrected chi connectivity index (χ0v) is 10.7. The maximum Gasteiger partial charge on any atom is 0.251 e. The summed E-state index contributed by atoms with van der Waals surface area (Å²) in [4.78, 5) is 15.6. The van der Waals surface area contributed by atoms with E-state index in [9.17, 15) is 9.90 Å². The first-order chi connectivity index (χ1) is 8.02. The molecular weight excluding hydrogens is 240 g/mol. The Bertz CT molecular complexity index is 383. The number of hydrogen-bond donors (Lipinski definition) is 2. The molecule has 1 unspecified atom stereocenters. The lowest BCUT2D eigenvalue weighted by molar-refractivity contribution is 0.0908. The van der Waals surface area contributed by atoms with Gasteiger partial charge in [-0.15, -0.1) is 0 Å². The molecule has 0 aliphatic heterocycles. The summed E-state index contributed by atoms with van der Waals surface area (Å²) in [7, 11) is 0. The second kappa shape index (κ2) is 6.57. The highest BCUT2D eigenvalue weighted by Gasteiger charge is 2.14. The van der Waals surface area contributed by atoms with E-state index in [0.717, 1.165) is 6.42 Å². The summed E-state index contributed by atoms with van der Waals surface area (Å²) < 4.78 is 0. The molecule has 1 atom stereocenters. The molecule has 1 heterocycles. The first-order valence-electron chi connectivity index (χ1n) is 5.56. The van der Waals surface area contributed by atoms with Crippen molar-refractivity contribution in [3.05, 3.63) is 29.0 Å². The minimum Gasteiger partial charge on any atom is -0.394 e. The Kier molecular flexibility index (Phi) is 5.38. The lowest BCUT2D eigenvalue weighted by Gasteiger charge is -2.18. The van der Waals surface area contributed by atoms with E-state index in [1.807, 2.05) is 13.8 Å². The van der Waals surface area contributed by atoms with Crippen molar-refractivity contribution in [2.24, 2.45) is 5.92 Å². The van der Waals surface area contributed by atoms with Gasteiger partial charge in [0.1, 0.15) is 5.15 Å². The molecule has 2 N–H and O–H groups in total. The number of nitrogens with zero attached hydrogens (tertiary/aromatic N) is 1. The summed E-state index contributed by atoms with van der Waals surface area (Å²) in [6.07, 6.45) is 2.22. The van der Waals surface area contributed by atoms with Gasteiger partial charge in [0.05, 0.1) is 12.6 Å². The van der Waals surface area contributed by atoms with Crippen molar-refractivity contribution in [2.75, 3.05) is 6.61 Å². The van der Waals surface area contributed by atoms with Gasteiger partial charge in [0.2, 0.25) is 0 Å². The highest BCUT2D eigenvalue weighted by atomic mass is 35.5. The number of halogens is 1. The number of carbonyl (C=O) groups is 1. The molecule has 1 aromatic heterocycles. The number of pyridine rings is 1. The van der Waals surface area contributed by atoms with Gasteiger partial charge in [-0.25, -0.2) is 4.98 Å². The number of aliphatic hydroxyl groups is 1. The van der Waals surface area contributed by atoms with Crippen LogP contribution in [0.15, 0.2) is 18.3 Å². The van der Waals surface area contributed by atoms with Gasteiger partial charge >= 0.3 is 0 Å². The Morgan fingerprint density at radius 3 is 2.82 bits per heavy atom. The van der Waals surface area contributed by atoms with Crippen LogP contribution < -0.4 is 5.32 Å². The summed E-state index contributed by atoms with van der Waals surface area (Å²) in [5, 5.41) is 12.2. The maximum absolute atomic E-state index is 11.8. The minimum absolute atomic E-state index is 0.0667. The number of rotatable bonds is 5. The Balaban J connectivity index is 2.64. The SMILES string of the molecule is CC(C)CC(CO)NC(=O)c1ccnc(Cl)c1. The van der Waals surface area contributed by atoms with Crippen LogP contribution in [0.25, 0.3) is 0 Å². The lowest BCUT2D eigenvalue weighted by Crippen LogP contribution is -2.38. The van der Waals surface area contributed by atoms with Crippen LogP contribution in [0.3, 0.4) is 0 Å². The van der Waals surface area contributed by atoms with E-state index in [1.54, 1.807) is 6.07 Å². The van der Waals surface area contributed by atoms with Crippen molar-refractivity contribution in [2.45, 2.75) is 26.3 Å². The van der Waals surface area contributed by atoms with Crippen LogP contribution in [0.4, 0.5) is 0 Å². The molecule has 0 saturated carbocycles. The third-order valence-electron chi connectivity index (χ3n) is 2.30. The molecule has 1 rings (SSSR count). The molecule has 1 amide bonds. The molecule has 17 heavy (non-hydrogen) atoms. The number of carbonyl (C=O) groups excluding carboxylic acids is 1. The van der Waals surface area contributed by atoms with E-state index in [4.69, 9.17) is 11.6 Å². The van der Waals surface area contributed by atoms with E-state index in [-0.39, 0.29) is 23.7 Å². The van der Waals surface area contributed by atoms with Crippen LogP contribution in [0.1, 0.15) is 30.6 Å². The molecule has 4 nitrogen and oxygen atoms in total. The first kappa shape index (κ1) is 13.9. The van der Waals surface area contributed by atoms with Gasteiger partial charge in [-0.2, -0.15) is 0 Å². The van der Waals surface area contributed by atoms with Gasteiger partial charge in [0, 0.05) is 11.8 Å². The summed E-state index contributed by atoms with van der Waals surface area (Å²) in [5.41, 5.74) is 0.451. The van der Waals surface area contributed by atoms with Crippen LogP contribution in [-0.2, 0) is 0 Å². The Morgan fingerprint density at radius 2 is 2.29 bits per heavy atom. The quantitative estimate of drug-likeness (QED) is 0.791. The average Bonchev–Trinajstić information content (AvgIpc) is 2.27. The van der Waals surface area contributed by atoms with E-state index in [0.29, 0.717) is 11.5 Å². The third kappa shape index (κ3) is 4.71. The number of aromatic nitrogens is 1. The number of nitrogens with one attached hydrogen (secondary N) is 1. The van der Waals surface area contributed by atoms with Crippen molar-refractivity contribution in [3.8, 4) is 0 Å². The molecule has 0 aliphatic rings. The molecular formula is C12H17ClN2O2. The largest absolute Gasteiger partial charge is 0.394 e. The van der Waals surface area contributed by atoms with Gasteiger partial charge in [0.25, 0.3) is 5.91 Å². The molecule has 94 valence electrons. The monoisotopic (exact) mass is 256 g/mol. The van der Waals surface area contributed by atoms with Gasteiger partial charge in [-0.05, 0) is 24.5 Å². The molecule has 0 aromatic carbocycles. The van der Waals surface area contributed by atoms with Crippen LogP contribution in [-0.4, -0.2) is 28.6 Å². The molecule has 0 radical (unpaired) electrons. The van der Waals surface area contributed by atoms with E-state index in [2.05, 4.69) is 10.3 Å². The van der Waals surface area contributed by atoms with E-state index >= 15 is 0 Å². The smallest absolute Gasteiger partial charge is 0.251 e. The maximum atomic E-state index is 11.8. The second-order valence-electron chi connectivity index (χ2n) is 4.35. The summed E-state index contributed by atoms with van der Waals surface area (Å²) in [6.45, 7) is 4.01. The van der Waals surface area contributed by atoms with E-state index < -0.39 is 0 Å². The highest BCUT2D eigenvalue weighted by molar-refractivity contribution is 6.29. The first-order valence-corrected chi connectivity index (χ1v) is 5.94. The van der Waals surface area contributed by atoms with Crippen LogP contribution in [0, 0.1) is 5.92 Å². The highest BCUT2D eigenvalue weighted by Crippen LogP contribution is 2.09. The summed E-state index contributed by atoms with van der Waals surface area (Å²) >= 11 is 5.70. The zero-order chi connectivity index (χ0) is 12.8. The molecule has 0 spiro atoms. The number of amides is 1. The van der Waals surface area contributed by atoms with Gasteiger partial charge in [0.15, 0.2) is 0 Å². The number of hydrogen-bond acceptors (Lipinski definition) is 3. The molecule has 0 fully saturated rings. The fourth-order valence-corrected chi connectivity index (χ4v) is 1.73. The van der Waals surface area contributed by atoms with Crippen LogP contribution >= 0.6 is 11.6 Å². The molecule has 0 aliphatic carbocycles. The summed E-state index contributed by atoms with van der Waals surface area (Å²) in [6, 6.07) is 2.86. The van der Waals surface area contributed by atoms with Crippen LogP contribution in [0.5, 0.6) is 0 Å². The second-order valence-corrected chi connectivity index (χ2v) is 4.74. The van der Waals surface area contributed by atoms with Crippen molar-refractivity contribution in [1.82, 2.24) is 10.3 Å². The average molecular weight is 257 g/mol. The van der Waals surface area contributed by atoms with Crippen LogP contribution in [0.2, 0.25) is 5.15 Å². The van der Waals surface area contributed by atoms with Gasteiger partial charge < -0.3 is 10.4 Å². The lowest BCUT2D eigenvalue weighted by atomic mass is 10.0. The predicted octanol–water partition coefficient (Wildman–Crippen LogP) is 1.87. The van der Waals surface area contributed by atoms with Crippen molar-refractivity contribution in [3.63, 3.8) is 0 Å². The predicted molar refractivity (Wildman–Crippen MR) is 67.0 cm³/mol. The fourth-order valence-electron chi connectivity index (χ4n) is 1.56. The minimum atomic E-state index is -0.242. The topological polar surface area (TPSA) is 62.2 Å². The van der Waals surface area contributed by atoms with Gasteiger partial charge in [-0.1, -0.05) is 25.4 Å². The normalized spacial score (nSPS) is 12.5. The van der Waals surface area contributed by atoms with Crippen molar-refractivity contribution in [1.29, 1.82) is 0 Å². The third-order valence-corrected chi connectivity index (χ3v) is 2.51. The van der Waals surface area contributed by atoms with Crippen molar-refractivity contribution < 1.29 is 9.90 Å². The Hall–Kier alpha value is -1.13. The van der Waals surface area contributed by atoms with Crippen molar-refractivity contribution >= 4 is 17.5 Å². The Morgan fingerprint density at radius 1 is 1.59 bits per heavy atom. The standard InChI is InChI=1S/C12H17ClN2O2/c1-8(2)5-10(7-16)15-12(17)9-3-4-14-11(13)6-9/h3-4,6,8,10,16H,5,7H2,1-2H3,(H,15,17). The molecule has 1 aromatic rings. The van der Waals surface area contributed by atoms with E-state index in [1.165, 1.54) is 12.3 Å². The molecule has 0 saturated heterocycles. The molecule has 5 heteroatoms. The fraction of sp³-hybridized carbons (Fsp3) is 0.500. The summed E-state index contributed by atoms with van der Waals surface area (Å²) in [5.74, 6) is 0.169. The van der Waals surface area contributed by atoms with Gasteiger partial charge in [-0.3, -0.25) is 4.79 Å². The Labute approximate surface area is 106 Å². The molecule has 0 bridgehead atoms. The zero-order valence-electron chi connectivity index (χ0n) is 9.98. The number of aliphatic hydroxyl groups excluding tert-OH is 1.